The Hall–Kier alpha value is -1.50. The van der Waals surface area contributed by atoms with Crippen LogP contribution in [0.25, 0.3) is 0 Å². The van der Waals surface area contributed by atoms with Gasteiger partial charge in [-0.25, -0.2) is 0 Å². The second-order valence-electron chi connectivity index (χ2n) is 3.91. The van der Waals surface area contributed by atoms with E-state index in [1.165, 1.54) is 0 Å². The normalized spacial score (nSPS) is 9.89. The van der Waals surface area contributed by atoms with Gasteiger partial charge in [-0.05, 0) is 42.8 Å². The maximum atomic E-state index is 9.06. The Kier molecular flexibility index (Phi) is 3.90. The van der Waals surface area contributed by atoms with Gasteiger partial charge in [0.15, 0.2) is 0 Å². The molecule has 0 saturated carbocycles. The molecule has 0 unspecified atom stereocenters. The molecule has 0 spiro atoms. The highest BCUT2D eigenvalue weighted by Crippen LogP contribution is 2.29. The smallest absolute Gasteiger partial charge is 0.101 e. The van der Waals surface area contributed by atoms with E-state index in [0.717, 1.165) is 21.4 Å². The van der Waals surface area contributed by atoms with Gasteiger partial charge in [0.25, 0.3) is 0 Å². The minimum atomic E-state index is 0.579. The summed E-state index contributed by atoms with van der Waals surface area (Å²) in [4.78, 5) is 0. The lowest BCUT2D eigenvalue weighted by Gasteiger charge is -2.10. The van der Waals surface area contributed by atoms with Crippen molar-refractivity contribution in [1.29, 1.82) is 5.26 Å². The number of rotatable bonds is 2. The first-order valence-corrected chi connectivity index (χ1v) is 6.50. The zero-order valence-electron chi connectivity index (χ0n) is 9.67. The quantitative estimate of drug-likeness (QED) is 0.842. The van der Waals surface area contributed by atoms with Gasteiger partial charge >= 0.3 is 0 Å². The molecule has 0 aliphatic rings. The molecule has 0 aromatic heterocycles. The number of nitriles is 1. The molecule has 0 fully saturated rings. The molecule has 0 aliphatic carbocycles. The van der Waals surface area contributed by atoms with Crippen molar-refractivity contribution in [2.45, 2.75) is 6.92 Å². The van der Waals surface area contributed by atoms with Gasteiger partial charge in [-0.1, -0.05) is 33.6 Å². The average Bonchev–Trinajstić information content (AvgIpc) is 2.33. The Morgan fingerprint density at radius 3 is 2.61 bits per heavy atom. The number of anilines is 2. The van der Waals surface area contributed by atoms with E-state index < -0.39 is 0 Å². The molecular weight excluding hydrogens is 312 g/mol. The molecule has 0 radical (unpaired) electrons. The lowest BCUT2D eigenvalue weighted by Crippen LogP contribution is -1.94. The third-order valence-electron chi connectivity index (χ3n) is 2.50. The minimum absolute atomic E-state index is 0.579. The van der Waals surface area contributed by atoms with Crippen LogP contribution in [0, 0.1) is 18.3 Å². The molecule has 2 aromatic carbocycles. The number of nitrogens with zero attached hydrogens (tertiary/aromatic N) is 1. The summed E-state index contributed by atoms with van der Waals surface area (Å²) >= 11 is 9.54. The van der Waals surface area contributed by atoms with Crippen molar-refractivity contribution < 1.29 is 0 Å². The lowest BCUT2D eigenvalue weighted by molar-refractivity contribution is 1.43. The van der Waals surface area contributed by atoms with Crippen LogP contribution >= 0.6 is 27.5 Å². The predicted molar refractivity (Wildman–Crippen MR) is 78.3 cm³/mol. The monoisotopic (exact) mass is 320 g/mol. The van der Waals surface area contributed by atoms with E-state index in [1.54, 1.807) is 6.07 Å². The van der Waals surface area contributed by atoms with Crippen molar-refractivity contribution in [3.8, 4) is 6.07 Å². The fourth-order valence-electron chi connectivity index (χ4n) is 1.58. The van der Waals surface area contributed by atoms with E-state index in [-0.39, 0.29) is 0 Å². The van der Waals surface area contributed by atoms with Crippen LogP contribution in [0.3, 0.4) is 0 Å². The summed E-state index contributed by atoms with van der Waals surface area (Å²) in [5.41, 5.74) is 3.20. The number of halogens is 2. The summed E-state index contributed by atoms with van der Waals surface area (Å²) in [5.74, 6) is 0. The van der Waals surface area contributed by atoms with Crippen LogP contribution in [0.4, 0.5) is 11.4 Å². The first-order valence-electron chi connectivity index (χ1n) is 5.33. The molecular formula is C14H10BrClN2. The molecule has 0 saturated heterocycles. The SMILES string of the molecule is Cc1ccc(Nc2cc(Br)ccc2C#N)c(Cl)c1. The molecule has 18 heavy (non-hydrogen) atoms. The van der Waals surface area contributed by atoms with Crippen molar-refractivity contribution in [2.75, 3.05) is 5.32 Å². The number of nitrogens with one attached hydrogen (secondary N) is 1. The van der Waals surface area contributed by atoms with E-state index in [2.05, 4.69) is 27.3 Å². The molecule has 0 aliphatic heterocycles. The van der Waals surface area contributed by atoms with E-state index >= 15 is 0 Å². The van der Waals surface area contributed by atoms with Gasteiger partial charge in [-0.15, -0.1) is 0 Å². The summed E-state index contributed by atoms with van der Waals surface area (Å²) in [7, 11) is 0. The van der Waals surface area contributed by atoms with E-state index in [0.29, 0.717) is 10.6 Å². The Labute approximate surface area is 119 Å². The number of hydrogen-bond acceptors (Lipinski definition) is 2. The largest absolute Gasteiger partial charge is 0.353 e. The molecule has 2 aromatic rings. The van der Waals surface area contributed by atoms with Gasteiger partial charge < -0.3 is 5.32 Å². The average molecular weight is 322 g/mol. The fraction of sp³-hybridized carbons (Fsp3) is 0.0714. The van der Waals surface area contributed by atoms with Gasteiger partial charge in [0.1, 0.15) is 6.07 Å². The van der Waals surface area contributed by atoms with Gasteiger partial charge in [-0.2, -0.15) is 5.26 Å². The summed E-state index contributed by atoms with van der Waals surface area (Å²) in [6, 6.07) is 13.4. The number of hydrogen-bond donors (Lipinski definition) is 1. The Bertz CT molecular complexity index is 632. The van der Waals surface area contributed by atoms with Gasteiger partial charge in [-0.3, -0.25) is 0 Å². The summed E-state index contributed by atoms with van der Waals surface area (Å²) in [6.07, 6.45) is 0. The van der Waals surface area contributed by atoms with E-state index in [1.807, 2.05) is 37.3 Å². The van der Waals surface area contributed by atoms with Crippen LogP contribution in [0.1, 0.15) is 11.1 Å². The van der Waals surface area contributed by atoms with Crippen molar-refractivity contribution in [1.82, 2.24) is 0 Å². The highest BCUT2D eigenvalue weighted by Gasteiger charge is 2.06. The Morgan fingerprint density at radius 2 is 1.94 bits per heavy atom. The summed E-state index contributed by atoms with van der Waals surface area (Å²) < 4.78 is 0.909. The highest BCUT2D eigenvalue weighted by molar-refractivity contribution is 9.10. The molecule has 90 valence electrons. The summed E-state index contributed by atoms with van der Waals surface area (Å²) in [5, 5.41) is 12.9. The van der Waals surface area contributed by atoms with Crippen molar-refractivity contribution in [2.24, 2.45) is 0 Å². The molecule has 4 heteroatoms. The maximum Gasteiger partial charge on any atom is 0.101 e. The molecule has 0 heterocycles. The van der Waals surface area contributed by atoms with Crippen LogP contribution in [-0.4, -0.2) is 0 Å². The minimum Gasteiger partial charge on any atom is -0.353 e. The van der Waals surface area contributed by atoms with Gasteiger partial charge in [0.2, 0.25) is 0 Å². The lowest BCUT2D eigenvalue weighted by atomic mass is 10.1. The van der Waals surface area contributed by atoms with E-state index in [4.69, 9.17) is 16.9 Å². The Morgan fingerprint density at radius 1 is 1.17 bits per heavy atom. The topological polar surface area (TPSA) is 35.8 Å². The standard InChI is InChI=1S/C14H10BrClN2/c1-9-2-5-13(12(16)6-9)18-14-7-11(15)4-3-10(14)8-17/h2-7,18H,1H3. The third-order valence-corrected chi connectivity index (χ3v) is 3.30. The fourth-order valence-corrected chi connectivity index (χ4v) is 2.23. The molecule has 2 rings (SSSR count). The van der Waals surface area contributed by atoms with E-state index in [9.17, 15) is 0 Å². The first-order chi connectivity index (χ1) is 8.60. The maximum absolute atomic E-state index is 9.06. The number of benzene rings is 2. The summed E-state index contributed by atoms with van der Waals surface area (Å²) in [6.45, 7) is 1.98. The Balaban J connectivity index is 2.40. The van der Waals surface area contributed by atoms with Crippen LogP contribution in [-0.2, 0) is 0 Å². The predicted octanol–water partition coefficient (Wildman–Crippen LogP) is 5.03. The van der Waals surface area contributed by atoms with Crippen LogP contribution in [0.15, 0.2) is 40.9 Å². The van der Waals surface area contributed by atoms with Crippen LogP contribution in [0.5, 0.6) is 0 Å². The van der Waals surface area contributed by atoms with Crippen molar-refractivity contribution >= 4 is 38.9 Å². The second kappa shape index (κ2) is 5.43. The third kappa shape index (κ3) is 2.84. The molecule has 2 nitrogen and oxygen atoms in total. The molecule has 0 bridgehead atoms. The van der Waals surface area contributed by atoms with Crippen LogP contribution in [0.2, 0.25) is 5.02 Å². The first kappa shape index (κ1) is 12.9. The molecule has 0 amide bonds. The zero-order valence-corrected chi connectivity index (χ0v) is 12.0. The van der Waals surface area contributed by atoms with Gasteiger partial charge in [0.05, 0.1) is 22.0 Å². The van der Waals surface area contributed by atoms with Crippen LogP contribution < -0.4 is 5.32 Å². The van der Waals surface area contributed by atoms with Crippen molar-refractivity contribution in [3.05, 3.63) is 57.0 Å². The second-order valence-corrected chi connectivity index (χ2v) is 5.23. The van der Waals surface area contributed by atoms with Gasteiger partial charge in [0, 0.05) is 4.47 Å². The molecule has 0 atom stereocenters. The number of aryl methyl sites for hydroxylation is 1. The highest BCUT2D eigenvalue weighted by atomic mass is 79.9. The van der Waals surface area contributed by atoms with Crippen molar-refractivity contribution in [3.63, 3.8) is 0 Å². The zero-order chi connectivity index (χ0) is 13.1. The molecule has 1 N–H and O–H groups in total.